The molecule has 0 unspecified atom stereocenters. The van der Waals surface area contributed by atoms with E-state index in [2.05, 4.69) is 11.2 Å². The highest BCUT2D eigenvalue weighted by molar-refractivity contribution is 8.24. The summed E-state index contributed by atoms with van der Waals surface area (Å²) in [7, 11) is 0. The second kappa shape index (κ2) is 5.38. The van der Waals surface area contributed by atoms with Crippen molar-refractivity contribution >= 4 is 39.9 Å². The lowest BCUT2D eigenvalue weighted by Crippen LogP contribution is -2.22. The zero-order valence-electron chi connectivity index (χ0n) is 10.2. The van der Waals surface area contributed by atoms with Crippen molar-refractivity contribution in [3.05, 3.63) is 16.4 Å². The smallest absolute Gasteiger partial charge is 0.163 e. The summed E-state index contributed by atoms with van der Waals surface area (Å²) in [5.74, 6) is 0. The predicted molar refractivity (Wildman–Crippen MR) is 76.6 cm³/mol. The average Bonchev–Trinajstić information content (AvgIpc) is 2.57. The van der Waals surface area contributed by atoms with Gasteiger partial charge >= 0.3 is 0 Å². The first-order valence-corrected chi connectivity index (χ1v) is 6.81. The molecule has 1 heterocycles. The van der Waals surface area contributed by atoms with E-state index >= 15 is 0 Å². The lowest BCUT2D eigenvalue weighted by atomic mass is 10.1. The molecule has 3 nitrogen and oxygen atoms in total. The molecule has 0 aliphatic rings. The van der Waals surface area contributed by atoms with Gasteiger partial charge in [0.1, 0.15) is 4.75 Å². The zero-order valence-corrected chi connectivity index (χ0v) is 12.6. The number of rotatable bonds is 2. The summed E-state index contributed by atoms with van der Waals surface area (Å²) in [4.78, 5) is 0. The van der Waals surface area contributed by atoms with Crippen LogP contribution in [0.15, 0.2) is 0 Å². The SMILES string of the molecule is CC[C@@](C)(C#N)SC(=S)n1nc(C)c(Cl)c1C. The van der Waals surface area contributed by atoms with Crippen molar-refractivity contribution in [3.63, 3.8) is 0 Å². The summed E-state index contributed by atoms with van der Waals surface area (Å²) >= 11 is 12.7. The summed E-state index contributed by atoms with van der Waals surface area (Å²) in [6, 6.07) is 2.27. The maximum Gasteiger partial charge on any atom is 0.163 e. The Balaban J connectivity index is 2.99. The van der Waals surface area contributed by atoms with Gasteiger partial charge in [0.2, 0.25) is 0 Å². The summed E-state index contributed by atoms with van der Waals surface area (Å²) in [5, 5.41) is 14.0. The van der Waals surface area contributed by atoms with E-state index in [1.54, 1.807) is 4.68 Å². The van der Waals surface area contributed by atoms with E-state index in [1.165, 1.54) is 11.8 Å². The molecule has 0 bridgehead atoms. The van der Waals surface area contributed by atoms with Crippen molar-refractivity contribution in [1.29, 1.82) is 5.26 Å². The van der Waals surface area contributed by atoms with Gasteiger partial charge in [-0.15, -0.1) is 0 Å². The molecule has 0 saturated carbocycles. The molecule has 6 heteroatoms. The molecule has 17 heavy (non-hydrogen) atoms. The van der Waals surface area contributed by atoms with E-state index in [-0.39, 0.29) is 0 Å². The first-order chi connectivity index (χ1) is 7.84. The van der Waals surface area contributed by atoms with Crippen LogP contribution in [0.1, 0.15) is 31.7 Å². The summed E-state index contributed by atoms with van der Waals surface area (Å²) in [6.07, 6.45) is 0.724. The Hall–Kier alpha value is -0.570. The number of halogens is 1. The van der Waals surface area contributed by atoms with Crippen molar-refractivity contribution in [2.24, 2.45) is 0 Å². The minimum atomic E-state index is -0.518. The van der Waals surface area contributed by atoms with Crippen LogP contribution in [-0.2, 0) is 0 Å². The van der Waals surface area contributed by atoms with Crippen LogP contribution in [0.5, 0.6) is 0 Å². The molecule has 1 rings (SSSR count). The molecule has 0 aromatic carbocycles. The molecule has 92 valence electrons. The molecule has 0 aliphatic heterocycles. The van der Waals surface area contributed by atoms with E-state index in [9.17, 15) is 0 Å². The standard InChI is InChI=1S/C11H14ClN3S2/c1-5-11(4,6-13)17-10(16)15-8(3)9(12)7(2)14-15/h5H2,1-4H3/t11-/m0/s1. The van der Waals surface area contributed by atoms with E-state index in [0.717, 1.165) is 17.8 Å². The fourth-order valence-corrected chi connectivity index (χ4v) is 2.90. The number of aryl methyl sites for hydroxylation is 1. The summed E-state index contributed by atoms with van der Waals surface area (Å²) < 4.78 is 1.67. The first-order valence-electron chi connectivity index (χ1n) is 5.21. The van der Waals surface area contributed by atoms with Crippen LogP contribution in [0.2, 0.25) is 5.02 Å². The van der Waals surface area contributed by atoms with Crippen molar-refractivity contribution in [3.8, 4) is 6.07 Å². The Labute approximate surface area is 116 Å². The number of thioether (sulfide) groups is 1. The average molecular weight is 288 g/mol. The number of thiocarbonyl (C=S) groups is 1. The Bertz CT molecular complexity index is 490. The van der Waals surface area contributed by atoms with Gasteiger partial charge in [0.25, 0.3) is 0 Å². The highest BCUT2D eigenvalue weighted by Gasteiger charge is 2.26. The highest BCUT2D eigenvalue weighted by Crippen LogP contribution is 2.31. The number of nitrogens with zero attached hydrogens (tertiary/aromatic N) is 3. The number of aromatic nitrogens is 2. The van der Waals surface area contributed by atoms with Crippen LogP contribution in [0.25, 0.3) is 0 Å². The van der Waals surface area contributed by atoms with Gasteiger partial charge in [-0.25, -0.2) is 4.68 Å². The quantitative estimate of drug-likeness (QED) is 0.778. The van der Waals surface area contributed by atoms with E-state index < -0.39 is 4.75 Å². The van der Waals surface area contributed by atoms with Crippen LogP contribution in [-0.4, -0.2) is 18.8 Å². The minimum absolute atomic E-state index is 0.518. The third kappa shape index (κ3) is 3.01. The molecule has 0 spiro atoms. The monoisotopic (exact) mass is 287 g/mol. The van der Waals surface area contributed by atoms with Crippen LogP contribution in [0.3, 0.4) is 0 Å². The molecule has 0 amide bonds. The second-order valence-corrected chi connectivity index (χ2v) is 6.48. The third-order valence-corrected chi connectivity index (χ3v) is 4.75. The van der Waals surface area contributed by atoms with Gasteiger partial charge in [-0.2, -0.15) is 10.4 Å². The van der Waals surface area contributed by atoms with Gasteiger partial charge in [-0.05, 0) is 27.2 Å². The van der Waals surface area contributed by atoms with Crippen LogP contribution < -0.4 is 0 Å². The van der Waals surface area contributed by atoms with Gasteiger partial charge in [0, 0.05) is 0 Å². The van der Waals surface area contributed by atoms with Crippen molar-refractivity contribution in [2.75, 3.05) is 0 Å². The Morgan fingerprint density at radius 3 is 2.59 bits per heavy atom. The van der Waals surface area contributed by atoms with Gasteiger partial charge in [-0.1, -0.05) is 42.5 Å². The molecule has 0 saturated heterocycles. The largest absolute Gasteiger partial charge is 0.219 e. The molecular weight excluding hydrogens is 274 g/mol. The molecule has 1 aromatic rings. The Morgan fingerprint density at radius 2 is 2.24 bits per heavy atom. The number of hydrogen-bond donors (Lipinski definition) is 0. The lowest BCUT2D eigenvalue weighted by Gasteiger charge is -2.19. The van der Waals surface area contributed by atoms with Crippen LogP contribution in [0, 0.1) is 25.2 Å². The Kier molecular flexibility index (Phi) is 4.59. The van der Waals surface area contributed by atoms with Crippen molar-refractivity contribution in [2.45, 2.75) is 38.9 Å². The molecule has 1 atom stereocenters. The summed E-state index contributed by atoms with van der Waals surface area (Å²) in [6.45, 7) is 7.54. The maximum absolute atomic E-state index is 9.12. The van der Waals surface area contributed by atoms with Crippen molar-refractivity contribution < 1.29 is 0 Å². The maximum atomic E-state index is 9.12. The molecule has 1 aromatic heterocycles. The molecule has 0 N–H and O–H groups in total. The van der Waals surface area contributed by atoms with E-state index in [4.69, 9.17) is 29.1 Å². The van der Waals surface area contributed by atoms with Gasteiger partial charge in [-0.3, -0.25) is 0 Å². The van der Waals surface area contributed by atoms with Gasteiger partial charge in [0.05, 0.1) is 22.5 Å². The van der Waals surface area contributed by atoms with Crippen LogP contribution in [0.4, 0.5) is 0 Å². The van der Waals surface area contributed by atoms with Gasteiger partial charge < -0.3 is 0 Å². The topological polar surface area (TPSA) is 41.6 Å². The molecule has 0 aliphatic carbocycles. The fourth-order valence-electron chi connectivity index (χ4n) is 1.21. The van der Waals surface area contributed by atoms with Crippen LogP contribution >= 0.6 is 35.6 Å². The summed E-state index contributed by atoms with van der Waals surface area (Å²) in [5.41, 5.74) is 1.57. The number of nitriles is 1. The second-order valence-electron chi connectivity index (χ2n) is 3.96. The highest BCUT2D eigenvalue weighted by atomic mass is 35.5. The third-order valence-electron chi connectivity index (χ3n) is 2.60. The fraction of sp³-hybridized carbons (Fsp3) is 0.545. The van der Waals surface area contributed by atoms with Gasteiger partial charge in [0.15, 0.2) is 4.32 Å². The molecule has 0 fully saturated rings. The predicted octanol–water partition coefficient (Wildman–Crippen LogP) is 3.71. The molecule has 0 radical (unpaired) electrons. The normalized spacial score (nSPS) is 14.1. The molecular formula is C11H14ClN3S2. The lowest BCUT2D eigenvalue weighted by molar-refractivity contribution is 0.771. The van der Waals surface area contributed by atoms with Crippen molar-refractivity contribution in [1.82, 2.24) is 9.78 Å². The van der Waals surface area contributed by atoms with E-state index in [1.807, 2.05) is 27.7 Å². The Morgan fingerprint density at radius 1 is 1.65 bits per heavy atom. The minimum Gasteiger partial charge on any atom is -0.219 e. The van der Waals surface area contributed by atoms with E-state index in [0.29, 0.717) is 9.34 Å². The first kappa shape index (κ1) is 14.5. The zero-order chi connectivity index (χ0) is 13.2. The number of hydrogen-bond acceptors (Lipinski definition) is 4.